The van der Waals surface area contributed by atoms with Gasteiger partial charge in [-0.2, -0.15) is 0 Å². The first kappa shape index (κ1) is 12.6. The molecule has 0 bridgehead atoms. The largest absolute Gasteiger partial charge is 0.240 e. The molecule has 0 fully saturated rings. The lowest BCUT2D eigenvalue weighted by molar-refractivity contribution is 0.546. The van der Waals surface area contributed by atoms with E-state index in [1.54, 1.807) is 12.4 Å². The van der Waals surface area contributed by atoms with Gasteiger partial charge in [0.1, 0.15) is 11.6 Å². The molecule has 0 spiro atoms. The van der Waals surface area contributed by atoms with Crippen molar-refractivity contribution >= 4 is 0 Å². The van der Waals surface area contributed by atoms with Crippen molar-refractivity contribution in [3.8, 4) is 0 Å². The number of hydrogen-bond acceptors (Lipinski definition) is 4. The van der Waals surface area contributed by atoms with E-state index in [1.807, 2.05) is 32.3 Å². The third-order valence-electron chi connectivity index (χ3n) is 3.02. The first-order chi connectivity index (χ1) is 8.51. The zero-order valence-electron chi connectivity index (χ0n) is 11.3. The maximum absolute atomic E-state index is 4.46. The van der Waals surface area contributed by atoms with E-state index in [0.29, 0.717) is 5.92 Å². The molecular weight excluding hydrogens is 224 g/mol. The van der Waals surface area contributed by atoms with Crippen molar-refractivity contribution in [1.29, 1.82) is 0 Å². The van der Waals surface area contributed by atoms with Crippen LogP contribution in [0.15, 0.2) is 30.9 Å². The second-order valence-corrected chi connectivity index (χ2v) is 5.19. The molecule has 0 aliphatic heterocycles. The molecule has 0 amide bonds. The Balaban J connectivity index is 2.36. The van der Waals surface area contributed by atoms with Crippen LogP contribution in [-0.2, 0) is 5.41 Å². The Kier molecular flexibility index (Phi) is 3.36. The van der Waals surface area contributed by atoms with Gasteiger partial charge in [0.15, 0.2) is 0 Å². The van der Waals surface area contributed by atoms with E-state index in [2.05, 4.69) is 33.8 Å². The molecule has 94 valence electrons. The maximum atomic E-state index is 4.46. The smallest absolute Gasteiger partial charge is 0.141 e. The Morgan fingerprint density at radius 3 is 1.89 bits per heavy atom. The van der Waals surface area contributed by atoms with Crippen LogP contribution in [0.2, 0.25) is 0 Å². The average Bonchev–Trinajstić information content (AvgIpc) is 2.40. The zero-order chi connectivity index (χ0) is 13.2. The van der Waals surface area contributed by atoms with Gasteiger partial charge in [-0.3, -0.25) is 0 Å². The van der Waals surface area contributed by atoms with E-state index >= 15 is 0 Å². The molecule has 0 unspecified atom stereocenters. The minimum Gasteiger partial charge on any atom is -0.240 e. The Morgan fingerprint density at radius 2 is 1.39 bits per heavy atom. The molecule has 2 heterocycles. The summed E-state index contributed by atoms with van der Waals surface area (Å²) in [6, 6.07) is 1.81. The lowest BCUT2D eigenvalue weighted by Gasteiger charge is -2.21. The minimum atomic E-state index is -0.378. The Bertz CT molecular complexity index is 503. The topological polar surface area (TPSA) is 51.6 Å². The van der Waals surface area contributed by atoms with Crippen molar-refractivity contribution in [2.24, 2.45) is 0 Å². The summed E-state index contributed by atoms with van der Waals surface area (Å²) in [5.41, 5.74) is 0.764. The number of rotatable bonds is 3. The van der Waals surface area contributed by atoms with Crippen LogP contribution in [0.5, 0.6) is 0 Å². The molecule has 0 N–H and O–H groups in total. The van der Waals surface area contributed by atoms with E-state index in [0.717, 1.165) is 17.2 Å². The molecule has 2 aromatic heterocycles. The van der Waals surface area contributed by atoms with Crippen LogP contribution in [0, 0.1) is 0 Å². The van der Waals surface area contributed by atoms with Gasteiger partial charge >= 0.3 is 0 Å². The molecule has 2 rings (SSSR count). The predicted molar refractivity (Wildman–Crippen MR) is 70.3 cm³/mol. The van der Waals surface area contributed by atoms with Crippen molar-refractivity contribution in [1.82, 2.24) is 19.9 Å². The van der Waals surface area contributed by atoms with Crippen LogP contribution in [0.25, 0.3) is 0 Å². The van der Waals surface area contributed by atoms with Crippen molar-refractivity contribution < 1.29 is 0 Å². The lowest BCUT2D eigenvalue weighted by Crippen LogP contribution is -2.25. The normalized spacial score (nSPS) is 11.8. The highest BCUT2D eigenvalue weighted by Gasteiger charge is 2.29. The van der Waals surface area contributed by atoms with Gasteiger partial charge in [0.05, 0.1) is 5.41 Å². The van der Waals surface area contributed by atoms with Crippen LogP contribution in [0.4, 0.5) is 0 Å². The SMILES string of the molecule is CC(C)c1cnc(C(C)(C)c2ncccn2)nc1. The second-order valence-electron chi connectivity index (χ2n) is 5.19. The van der Waals surface area contributed by atoms with Gasteiger partial charge in [0.25, 0.3) is 0 Å². The molecular formula is C14H18N4. The van der Waals surface area contributed by atoms with Gasteiger partial charge in [0.2, 0.25) is 0 Å². The van der Waals surface area contributed by atoms with Crippen LogP contribution < -0.4 is 0 Å². The highest BCUT2D eigenvalue weighted by atomic mass is 14.9. The predicted octanol–water partition coefficient (Wildman–Crippen LogP) is 2.72. The molecule has 0 saturated carbocycles. The van der Waals surface area contributed by atoms with Crippen LogP contribution in [0.3, 0.4) is 0 Å². The maximum Gasteiger partial charge on any atom is 0.141 e. The highest BCUT2D eigenvalue weighted by Crippen LogP contribution is 2.25. The van der Waals surface area contributed by atoms with Crippen molar-refractivity contribution in [2.45, 2.75) is 39.0 Å². The number of aromatic nitrogens is 4. The second kappa shape index (κ2) is 4.80. The Labute approximate surface area is 108 Å². The van der Waals surface area contributed by atoms with E-state index < -0.39 is 0 Å². The standard InChI is InChI=1S/C14H18N4/c1-10(2)11-8-17-13(18-9-11)14(3,4)12-15-6-5-7-16-12/h5-10H,1-4H3. The van der Waals surface area contributed by atoms with Crippen LogP contribution >= 0.6 is 0 Å². The fourth-order valence-electron chi connectivity index (χ4n) is 1.68. The van der Waals surface area contributed by atoms with E-state index in [-0.39, 0.29) is 5.41 Å². The summed E-state index contributed by atoms with van der Waals surface area (Å²) < 4.78 is 0. The Hall–Kier alpha value is -1.84. The molecule has 18 heavy (non-hydrogen) atoms. The summed E-state index contributed by atoms with van der Waals surface area (Å²) in [5, 5.41) is 0. The molecule has 0 aliphatic rings. The van der Waals surface area contributed by atoms with Gasteiger partial charge < -0.3 is 0 Å². The fraction of sp³-hybridized carbons (Fsp3) is 0.429. The molecule has 4 nitrogen and oxygen atoms in total. The molecule has 0 aliphatic carbocycles. The van der Waals surface area contributed by atoms with Crippen molar-refractivity contribution in [2.75, 3.05) is 0 Å². The van der Waals surface area contributed by atoms with Gasteiger partial charge in [-0.1, -0.05) is 13.8 Å². The number of hydrogen-bond donors (Lipinski definition) is 0. The summed E-state index contributed by atoms with van der Waals surface area (Å²) in [6.45, 7) is 8.33. The summed E-state index contributed by atoms with van der Waals surface area (Å²) in [6.07, 6.45) is 7.26. The molecule has 4 heteroatoms. The summed E-state index contributed by atoms with van der Waals surface area (Å²) in [5.74, 6) is 1.93. The molecule has 2 aromatic rings. The average molecular weight is 242 g/mol. The highest BCUT2D eigenvalue weighted by molar-refractivity contribution is 5.20. The lowest BCUT2D eigenvalue weighted by atomic mass is 9.91. The molecule has 0 saturated heterocycles. The van der Waals surface area contributed by atoms with E-state index in [9.17, 15) is 0 Å². The van der Waals surface area contributed by atoms with E-state index in [1.165, 1.54) is 0 Å². The van der Waals surface area contributed by atoms with Gasteiger partial charge in [0, 0.05) is 24.8 Å². The zero-order valence-corrected chi connectivity index (χ0v) is 11.3. The Morgan fingerprint density at radius 1 is 0.889 bits per heavy atom. The summed E-state index contributed by atoms with van der Waals surface area (Å²) >= 11 is 0. The molecule has 0 aromatic carbocycles. The first-order valence-electron chi connectivity index (χ1n) is 6.11. The van der Waals surface area contributed by atoms with Crippen molar-refractivity contribution in [3.05, 3.63) is 48.1 Å². The third-order valence-corrected chi connectivity index (χ3v) is 3.02. The monoisotopic (exact) mass is 242 g/mol. The minimum absolute atomic E-state index is 0.378. The summed E-state index contributed by atoms with van der Waals surface area (Å²) in [7, 11) is 0. The van der Waals surface area contributed by atoms with Crippen LogP contribution in [0.1, 0.15) is 50.8 Å². The first-order valence-corrected chi connectivity index (χ1v) is 6.11. The van der Waals surface area contributed by atoms with Gasteiger partial charge in [-0.05, 0) is 31.4 Å². The third kappa shape index (κ3) is 2.37. The van der Waals surface area contributed by atoms with E-state index in [4.69, 9.17) is 0 Å². The summed E-state index contributed by atoms with van der Waals surface area (Å²) in [4.78, 5) is 17.5. The number of nitrogens with zero attached hydrogens (tertiary/aromatic N) is 4. The van der Waals surface area contributed by atoms with Crippen LogP contribution in [-0.4, -0.2) is 19.9 Å². The molecule has 0 atom stereocenters. The quantitative estimate of drug-likeness (QED) is 0.830. The fourth-order valence-corrected chi connectivity index (χ4v) is 1.68. The van der Waals surface area contributed by atoms with Crippen molar-refractivity contribution in [3.63, 3.8) is 0 Å². The van der Waals surface area contributed by atoms with Gasteiger partial charge in [-0.25, -0.2) is 19.9 Å². The molecule has 0 radical (unpaired) electrons. The van der Waals surface area contributed by atoms with Gasteiger partial charge in [-0.15, -0.1) is 0 Å².